The zero-order valence-corrected chi connectivity index (χ0v) is 12.4. The van der Waals surface area contributed by atoms with E-state index >= 15 is 0 Å². The Morgan fingerprint density at radius 1 is 1.57 bits per heavy atom. The van der Waals surface area contributed by atoms with Crippen LogP contribution in [0, 0.1) is 5.92 Å². The number of benzene rings is 1. The summed E-state index contributed by atoms with van der Waals surface area (Å²) in [5.74, 6) is -0.294. The van der Waals surface area contributed by atoms with Gasteiger partial charge >= 0.3 is 0 Å². The zero-order chi connectivity index (χ0) is 15.4. The molecule has 2 N–H and O–H groups in total. The molecule has 1 unspecified atom stereocenters. The average molecular weight is 313 g/mol. The molecule has 1 fully saturated rings. The number of nitrogens with zero attached hydrogens (tertiary/aromatic N) is 1. The van der Waals surface area contributed by atoms with E-state index in [4.69, 9.17) is 21.4 Å². The van der Waals surface area contributed by atoms with Gasteiger partial charge in [0.2, 0.25) is 11.8 Å². The van der Waals surface area contributed by atoms with Gasteiger partial charge in [0.15, 0.2) is 0 Å². The summed E-state index contributed by atoms with van der Waals surface area (Å²) in [4.78, 5) is 25.5. The van der Waals surface area contributed by atoms with Crippen LogP contribution in [0.5, 0.6) is 5.75 Å². The van der Waals surface area contributed by atoms with Crippen molar-refractivity contribution in [3.05, 3.63) is 23.2 Å². The molecule has 6 nitrogen and oxygen atoms in total. The lowest BCUT2D eigenvalue weighted by molar-refractivity contribution is -0.126. The number of amides is 2. The fourth-order valence-corrected chi connectivity index (χ4v) is 2.48. The SMILES string of the molecule is COc1ccc(Cl)cc1N1CC(C(=O)NCCO)CC1=O. The molecule has 1 atom stereocenters. The third kappa shape index (κ3) is 3.46. The summed E-state index contributed by atoms with van der Waals surface area (Å²) in [7, 11) is 1.51. The number of hydrogen-bond donors (Lipinski definition) is 2. The van der Waals surface area contributed by atoms with E-state index in [9.17, 15) is 9.59 Å². The highest BCUT2D eigenvalue weighted by molar-refractivity contribution is 6.31. The van der Waals surface area contributed by atoms with Gasteiger partial charge in [-0.3, -0.25) is 9.59 Å². The molecule has 21 heavy (non-hydrogen) atoms. The maximum Gasteiger partial charge on any atom is 0.227 e. The summed E-state index contributed by atoms with van der Waals surface area (Å²) < 4.78 is 5.24. The van der Waals surface area contributed by atoms with Gasteiger partial charge in [-0.1, -0.05) is 11.6 Å². The van der Waals surface area contributed by atoms with E-state index in [0.29, 0.717) is 16.5 Å². The summed E-state index contributed by atoms with van der Waals surface area (Å²) in [6, 6.07) is 5.01. The molecule has 2 amide bonds. The maximum atomic E-state index is 12.1. The highest BCUT2D eigenvalue weighted by Gasteiger charge is 2.36. The largest absolute Gasteiger partial charge is 0.495 e. The third-order valence-electron chi connectivity index (χ3n) is 3.34. The van der Waals surface area contributed by atoms with Crippen molar-refractivity contribution in [1.29, 1.82) is 0 Å². The standard InChI is InChI=1S/C14H17ClN2O4/c1-21-12-3-2-10(15)7-11(12)17-8-9(6-13(17)19)14(20)16-4-5-18/h2-3,7,9,18H,4-6,8H2,1H3,(H,16,20). The first-order chi connectivity index (χ1) is 10.1. The van der Waals surface area contributed by atoms with Crippen molar-refractivity contribution in [2.75, 3.05) is 31.7 Å². The minimum atomic E-state index is -0.437. The maximum absolute atomic E-state index is 12.1. The molecule has 114 valence electrons. The molecule has 2 rings (SSSR count). The van der Waals surface area contributed by atoms with Crippen LogP contribution >= 0.6 is 11.6 Å². The van der Waals surface area contributed by atoms with Gasteiger partial charge in [0.25, 0.3) is 0 Å². The Kier molecular flexibility index (Phi) is 5.03. The molecule has 0 spiro atoms. The van der Waals surface area contributed by atoms with E-state index in [1.807, 2.05) is 0 Å². The highest BCUT2D eigenvalue weighted by Crippen LogP contribution is 2.35. The zero-order valence-electron chi connectivity index (χ0n) is 11.6. The third-order valence-corrected chi connectivity index (χ3v) is 3.57. The van der Waals surface area contributed by atoms with Gasteiger partial charge in [0.05, 0.1) is 25.3 Å². The molecule has 0 radical (unpaired) electrons. The van der Waals surface area contributed by atoms with Crippen LogP contribution in [0.4, 0.5) is 5.69 Å². The summed E-state index contributed by atoms with van der Waals surface area (Å²) in [6.45, 7) is 0.328. The normalized spacial score (nSPS) is 18.0. The number of hydrogen-bond acceptors (Lipinski definition) is 4. The number of nitrogens with one attached hydrogen (secondary N) is 1. The Labute approximate surface area is 127 Å². The Bertz CT molecular complexity index is 550. The highest BCUT2D eigenvalue weighted by atomic mass is 35.5. The predicted molar refractivity (Wildman–Crippen MR) is 78.6 cm³/mol. The number of carbonyl (C=O) groups excluding carboxylic acids is 2. The number of anilines is 1. The van der Waals surface area contributed by atoms with E-state index in [2.05, 4.69) is 5.32 Å². The molecule has 1 heterocycles. The van der Waals surface area contributed by atoms with E-state index in [-0.39, 0.29) is 37.9 Å². The molecule has 0 aliphatic carbocycles. The van der Waals surface area contributed by atoms with Crippen LogP contribution in [0.1, 0.15) is 6.42 Å². The first-order valence-corrected chi connectivity index (χ1v) is 6.97. The lowest BCUT2D eigenvalue weighted by Gasteiger charge is -2.19. The molecule has 7 heteroatoms. The van der Waals surface area contributed by atoms with Gasteiger partial charge in [0, 0.05) is 24.5 Å². The Balaban J connectivity index is 2.17. The second kappa shape index (κ2) is 6.78. The van der Waals surface area contributed by atoms with Crippen LogP contribution in [0.3, 0.4) is 0 Å². The minimum absolute atomic E-state index is 0.127. The first kappa shape index (κ1) is 15.6. The molecule has 0 saturated carbocycles. The van der Waals surface area contributed by atoms with Crippen LogP contribution < -0.4 is 15.0 Å². The molecular weight excluding hydrogens is 296 g/mol. The van der Waals surface area contributed by atoms with Gasteiger partial charge < -0.3 is 20.1 Å². The first-order valence-electron chi connectivity index (χ1n) is 6.59. The Morgan fingerprint density at radius 3 is 3.00 bits per heavy atom. The van der Waals surface area contributed by atoms with Gasteiger partial charge in [0.1, 0.15) is 5.75 Å². The number of methoxy groups -OCH3 is 1. The monoisotopic (exact) mass is 312 g/mol. The van der Waals surface area contributed by atoms with Crippen molar-refractivity contribution >= 4 is 29.1 Å². The minimum Gasteiger partial charge on any atom is -0.495 e. The van der Waals surface area contributed by atoms with Crippen molar-refractivity contribution < 1.29 is 19.4 Å². The van der Waals surface area contributed by atoms with E-state index in [1.54, 1.807) is 18.2 Å². The summed E-state index contributed by atoms with van der Waals surface area (Å²) in [5.41, 5.74) is 0.562. The van der Waals surface area contributed by atoms with Crippen molar-refractivity contribution in [1.82, 2.24) is 5.32 Å². The van der Waals surface area contributed by atoms with Crippen molar-refractivity contribution in [3.8, 4) is 5.75 Å². The quantitative estimate of drug-likeness (QED) is 0.843. The lowest BCUT2D eigenvalue weighted by atomic mass is 10.1. The van der Waals surface area contributed by atoms with Crippen LogP contribution in [0.15, 0.2) is 18.2 Å². The smallest absolute Gasteiger partial charge is 0.227 e. The summed E-state index contributed by atoms with van der Waals surface area (Å²) >= 11 is 5.97. The fraction of sp³-hybridized carbons (Fsp3) is 0.429. The Hall–Kier alpha value is -1.79. The van der Waals surface area contributed by atoms with E-state index in [1.165, 1.54) is 12.0 Å². The molecule has 0 bridgehead atoms. The second-order valence-electron chi connectivity index (χ2n) is 4.74. The van der Waals surface area contributed by atoms with Gasteiger partial charge in [-0.2, -0.15) is 0 Å². The summed E-state index contributed by atoms with van der Waals surface area (Å²) in [6.07, 6.45) is 0.132. The number of halogens is 1. The van der Waals surface area contributed by atoms with Crippen LogP contribution in [0.2, 0.25) is 5.02 Å². The molecule has 1 aliphatic rings. The number of rotatable bonds is 5. The second-order valence-corrected chi connectivity index (χ2v) is 5.17. The molecule has 1 aromatic rings. The predicted octanol–water partition coefficient (Wildman–Crippen LogP) is 0.810. The topological polar surface area (TPSA) is 78.9 Å². The lowest BCUT2D eigenvalue weighted by Crippen LogP contribution is -2.34. The van der Waals surface area contributed by atoms with Crippen LogP contribution in [0.25, 0.3) is 0 Å². The van der Waals surface area contributed by atoms with E-state index in [0.717, 1.165) is 0 Å². The van der Waals surface area contributed by atoms with Crippen LogP contribution in [-0.2, 0) is 9.59 Å². The molecule has 1 aliphatic heterocycles. The van der Waals surface area contributed by atoms with Gasteiger partial charge in [-0.05, 0) is 18.2 Å². The van der Waals surface area contributed by atoms with E-state index < -0.39 is 5.92 Å². The van der Waals surface area contributed by atoms with Crippen molar-refractivity contribution in [2.45, 2.75) is 6.42 Å². The van der Waals surface area contributed by atoms with Crippen molar-refractivity contribution in [3.63, 3.8) is 0 Å². The number of aliphatic hydroxyl groups excluding tert-OH is 1. The number of ether oxygens (including phenoxy) is 1. The van der Waals surface area contributed by atoms with Gasteiger partial charge in [-0.25, -0.2) is 0 Å². The number of aliphatic hydroxyl groups is 1. The summed E-state index contributed by atoms with van der Waals surface area (Å²) in [5, 5.41) is 11.8. The Morgan fingerprint density at radius 2 is 2.33 bits per heavy atom. The van der Waals surface area contributed by atoms with Crippen molar-refractivity contribution in [2.24, 2.45) is 5.92 Å². The number of carbonyl (C=O) groups is 2. The van der Waals surface area contributed by atoms with Gasteiger partial charge in [-0.15, -0.1) is 0 Å². The molecule has 0 aromatic heterocycles. The fourth-order valence-electron chi connectivity index (χ4n) is 2.31. The molecule has 1 saturated heterocycles. The average Bonchev–Trinajstić information content (AvgIpc) is 2.86. The van der Waals surface area contributed by atoms with Crippen LogP contribution in [-0.4, -0.2) is 43.7 Å². The molecular formula is C14H17ClN2O4. The molecule has 1 aromatic carbocycles.